The summed E-state index contributed by atoms with van der Waals surface area (Å²) in [7, 11) is 1.66. The van der Waals surface area contributed by atoms with Crippen LogP contribution in [-0.4, -0.2) is 54.2 Å². The van der Waals surface area contributed by atoms with E-state index in [9.17, 15) is 10.1 Å². The molecule has 5 rings (SSSR count). The molecule has 4 heterocycles. The van der Waals surface area contributed by atoms with Crippen LogP contribution in [0.3, 0.4) is 0 Å². The summed E-state index contributed by atoms with van der Waals surface area (Å²) < 4.78 is 5.18. The summed E-state index contributed by atoms with van der Waals surface area (Å²) in [5.74, 6) is 1.89. The van der Waals surface area contributed by atoms with E-state index >= 15 is 0 Å². The number of nitrogens with one attached hydrogen (secondary N) is 1. The maximum Gasteiger partial charge on any atom is 0.227 e. The van der Waals surface area contributed by atoms with Crippen molar-refractivity contribution >= 4 is 29.2 Å². The molecule has 1 amide bonds. The Morgan fingerprint density at radius 1 is 1.28 bits per heavy atom. The monoisotopic (exact) mass is 433 g/mol. The zero-order valence-corrected chi connectivity index (χ0v) is 18.7. The molecule has 2 fully saturated rings. The summed E-state index contributed by atoms with van der Waals surface area (Å²) in [6.45, 7) is 6.07. The molecule has 0 atom stereocenters. The fourth-order valence-electron chi connectivity index (χ4n) is 4.81. The molecular formula is C23H27N7O2. The summed E-state index contributed by atoms with van der Waals surface area (Å²) in [4.78, 5) is 29.8. The van der Waals surface area contributed by atoms with Crippen LogP contribution in [0.2, 0.25) is 0 Å². The molecule has 9 nitrogen and oxygen atoms in total. The standard InChI is InChI=1S/C23H27N7O2/c1-15-8-20(28-21(26-15)29-12-22(11-24,13-29)6-7-32-3)30-14-23(4-5-23)17-10-25-19(9-18(17)30)27-16(2)31/h8-10H,4-7,12-14H2,1-3H3,(H,25,27,31). The smallest absolute Gasteiger partial charge is 0.227 e. The normalized spacial score (nSPS) is 19.3. The highest BCUT2D eigenvalue weighted by atomic mass is 16.5. The van der Waals surface area contributed by atoms with Crippen molar-refractivity contribution in [2.24, 2.45) is 5.41 Å². The van der Waals surface area contributed by atoms with Gasteiger partial charge in [-0.15, -0.1) is 0 Å². The molecule has 0 bridgehead atoms. The van der Waals surface area contributed by atoms with Gasteiger partial charge in [0.05, 0.1) is 17.2 Å². The largest absolute Gasteiger partial charge is 0.385 e. The lowest BCUT2D eigenvalue weighted by molar-refractivity contribution is -0.114. The number of fused-ring (bicyclic) bond motifs is 2. The Morgan fingerprint density at radius 3 is 2.72 bits per heavy atom. The van der Waals surface area contributed by atoms with Gasteiger partial charge < -0.3 is 19.9 Å². The van der Waals surface area contributed by atoms with E-state index in [1.54, 1.807) is 7.11 Å². The Balaban J connectivity index is 1.44. The topological polar surface area (TPSA) is 107 Å². The summed E-state index contributed by atoms with van der Waals surface area (Å²) in [5.41, 5.74) is 2.87. The maximum atomic E-state index is 11.5. The molecule has 2 aromatic heterocycles. The molecule has 2 aromatic rings. The number of pyridine rings is 1. The van der Waals surface area contributed by atoms with Crippen molar-refractivity contribution in [3.63, 3.8) is 0 Å². The minimum atomic E-state index is -0.402. The van der Waals surface area contributed by atoms with Gasteiger partial charge in [0, 0.05) is 75.3 Å². The number of rotatable bonds is 6. The highest BCUT2D eigenvalue weighted by Gasteiger charge is 2.53. The number of nitrogens with zero attached hydrogens (tertiary/aromatic N) is 6. The number of nitriles is 1. The number of carbonyl (C=O) groups excluding carboxylic acids is 1. The first-order valence-electron chi connectivity index (χ1n) is 10.9. The van der Waals surface area contributed by atoms with E-state index in [-0.39, 0.29) is 11.3 Å². The lowest BCUT2D eigenvalue weighted by Crippen LogP contribution is -2.56. The van der Waals surface area contributed by atoms with Crippen LogP contribution >= 0.6 is 0 Å². The molecule has 0 aromatic carbocycles. The fraction of sp³-hybridized carbons (Fsp3) is 0.522. The fourth-order valence-corrected chi connectivity index (χ4v) is 4.81. The molecular weight excluding hydrogens is 406 g/mol. The zero-order chi connectivity index (χ0) is 22.5. The number of aryl methyl sites for hydroxylation is 1. The lowest BCUT2D eigenvalue weighted by Gasteiger charge is -2.45. The minimum absolute atomic E-state index is 0.128. The highest BCUT2D eigenvalue weighted by Crippen LogP contribution is 2.58. The maximum absolute atomic E-state index is 11.5. The first-order valence-corrected chi connectivity index (χ1v) is 10.9. The number of anilines is 4. The van der Waals surface area contributed by atoms with Crippen LogP contribution in [0, 0.1) is 23.7 Å². The van der Waals surface area contributed by atoms with Gasteiger partial charge in [-0.05, 0) is 26.2 Å². The Labute approximate surface area is 187 Å². The molecule has 1 saturated heterocycles. The predicted molar refractivity (Wildman–Crippen MR) is 120 cm³/mol. The van der Waals surface area contributed by atoms with Gasteiger partial charge in [-0.25, -0.2) is 9.97 Å². The van der Waals surface area contributed by atoms with E-state index in [2.05, 4.69) is 31.2 Å². The quantitative estimate of drug-likeness (QED) is 0.741. The number of amides is 1. The van der Waals surface area contributed by atoms with E-state index < -0.39 is 5.41 Å². The van der Waals surface area contributed by atoms with Crippen LogP contribution in [0.25, 0.3) is 0 Å². The van der Waals surface area contributed by atoms with Crippen molar-refractivity contribution in [2.45, 2.75) is 38.5 Å². The number of hydrogen-bond acceptors (Lipinski definition) is 8. The second-order valence-corrected chi connectivity index (χ2v) is 9.29. The summed E-state index contributed by atoms with van der Waals surface area (Å²) >= 11 is 0. The zero-order valence-electron chi connectivity index (χ0n) is 18.7. The van der Waals surface area contributed by atoms with Crippen molar-refractivity contribution in [3.05, 3.63) is 29.6 Å². The van der Waals surface area contributed by atoms with Crippen molar-refractivity contribution < 1.29 is 9.53 Å². The van der Waals surface area contributed by atoms with Gasteiger partial charge in [-0.2, -0.15) is 10.2 Å². The van der Waals surface area contributed by atoms with E-state index in [1.807, 2.05) is 25.3 Å². The molecule has 1 N–H and O–H groups in total. The van der Waals surface area contributed by atoms with Crippen LogP contribution in [0.15, 0.2) is 18.3 Å². The molecule has 1 spiro atoms. The summed E-state index contributed by atoms with van der Waals surface area (Å²) in [5, 5.41) is 12.4. The van der Waals surface area contributed by atoms with Crippen LogP contribution in [0.5, 0.6) is 0 Å². The molecule has 1 saturated carbocycles. The van der Waals surface area contributed by atoms with E-state index in [4.69, 9.17) is 9.72 Å². The average Bonchev–Trinajstić information content (AvgIpc) is 3.43. The third-order valence-electron chi connectivity index (χ3n) is 6.76. The predicted octanol–water partition coefficient (Wildman–Crippen LogP) is 2.69. The third-order valence-corrected chi connectivity index (χ3v) is 6.76. The Bertz CT molecular complexity index is 1120. The van der Waals surface area contributed by atoms with Crippen molar-refractivity contribution in [3.8, 4) is 6.07 Å². The van der Waals surface area contributed by atoms with Gasteiger partial charge in [-0.3, -0.25) is 4.79 Å². The average molecular weight is 434 g/mol. The first-order chi connectivity index (χ1) is 15.4. The number of ether oxygens (including phenoxy) is 1. The Morgan fingerprint density at radius 2 is 2.06 bits per heavy atom. The van der Waals surface area contributed by atoms with E-state index in [1.165, 1.54) is 12.5 Å². The molecule has 0 unspecified atom stereocenters. The van der Waals surface area contributed by atoms with Gasteiger partial charge in [0.2, 0.25) is 11.9 Å². The summed E-state index contributed by atoms with van der Waals surface area (Å²) in [6.07, 6.45) is 4.86. The number of methoxy groups -OCH3 is 1. The minimum Gasteiger partial charge on any atom is -0.385 e. The number of hydrogen-bond donors (Lipinski definition) is 1. The number of carbonyl (C=O) groups is 1. The van der Waals surface area contributed by atoms with E-state index in [0.29, 0.717) is 37.9 Å². The molecule has 166 valence electrons. The SMILES string of the molecule is COCCC1(C#N)CN(c2nc(C)cc(N3CC4(CC4)c4cnc(NC(C)=O)cc43)n2)C1. The Hall–Kier alpha value is -3.25. The number of aromatic nitrogens is 3. The highest BCUT2D eigenvalue weighted by molar-refractivity contribution is 5.89. The summed E-state index contributed by atoms with van der Waals surface area (Å²) in [6, 6.07) is 6.39. The van der Waals surface area contributed by atoms with Gasteiger partial charge in [0.25, 0.3) is 0 Å². The Kier molecular flexibility index (Phi) is 4.78. The molecule has 1 aliphatic carbocycles. The van der Waals surface area contributed by atoms with Crippen LogP contribution in [-0.2, 0) is 14.9 Å². The van der Waals surface area contributed by atoms with E-state index in [0.717, 1.165) is 36.6 Å². The van der Waals surface area contributed by atoms with Crippen LogP contribution < -0.4 is 15.1 Å². The molecule has 9 heteroatoms. The van der Waals surface area contributed by atoms with Crippen LogP contribution in [0.4, 0.5) is 23.3 Å². The molecule has 3 aliphatic rings. The molecule has 0 radical (unpaired) electrons. The van der Waals surface area contributed by atoms with Gasteiger partial charge in [-0.1, -0.05) is 0 Å². The van der Waals surface area contributed by atoms with Crippen LogP contribution in [0.1, 0.15) is 37.4 Å². The molecule has 2 aliphatic heterocycles. The third kappa shape index (κ3) is 3.45. The second kappa shape index (κ2) is 7.41. The first kappa shape index (κ1) is 20.6. The van der Waals surface area contributed by atoms with Crippen molar-refractivity contribution in [1.82, 2.24) is 15.0 Å². The second-order valence-electron chi connectivity index (χ2n) is 9.29. The molecule has 32 heavy (non-hydrogen) atoms. The van der Waals surface area contributed by atoms with Crippen molar-refractivity contribution in [1.29, 1.82) is 5.26 Å². The van der Waals surface area contributed by atoms with Crippen molar-refractivity contribution in [2.75, 3.05) is 48.5 Å². The van der Waals surface area contributed by atoms with Gasteiger partial charge >= 0.3 is 0 Å². The van der Waals surface area contributed by atoms with Gasteiger partial charge in [0.1, 0.15) is 11.6 Å². The van der Waals surface area contributed by atoms with Gasteiger partial charge in [0.15, 0.2) is 0 Å². The lowest BCUT2D eigenvalue weighted by atomic mass is 9.79.